The topological polar surface area (TPSA) is 78.0 Å². The van der Waals surface area contributed by atoms with Gasteiger partial charge >= 0.3 is 0 Å². The second-order valence-corrected chi connectivity index (χ2v) is 8.89. The van der Waals surface area contributed by atoms with Gasteiger partial charge < -0.3 is 9.80 Å². The molecular formula is C29H25N3O4. The number of likely N-dealkylation sites (tertiary alicyclic amines) is 1. The van der Waals surface area contributed by atoms with Crippen molar-refractivity contribution in [3.05, 3.63) is 108 Å². The van der Waals surface area contributed by atoms with Crippen LogP contribution in [0.2, 0.25) is 0 Å². The highest BCUT2D eigenvalue weighted by Gasteiger charge is 2.57. The predicted molar refractivity (Wildman–Crippen MR) is 136 cm³/mol. The van der Waals surface area contributed by atoms with E-state index in [-0.39, 0.29) is 17.0 Å². The van der Waals surface area contributed by atoms with Crippen molar-refractivity contribution in [3.8, 4) is 0 Å². The number of carbonyl (C=O) groups is 4. The largest absolute Gasteiger partial charge is 0.320 e. The second-order valence-electron chi connectivity index (χ2n) is 8.89. The second kappa shape index (κ2) is 9.26. The van der Waals surface area contributed by atoms with E-state index < -0.39 is 35.8 Å². The van der Waals surface area contributed by atoms with Gasteiger partial charge in [-0.3, -0.25) is 24.1 Å². The van der Waals surface area contributed by atoms with Gasteiger partial charge in [-0.15, -0.1) is 0 Å². The van der Waals surface area contributed by atoms with E-state index >= 15 is 0 Å². The fourth-order valence-corrected chi connectivity index (χ4v) is 4.84. The highest BCUT2D eigenvalue weighted by atomic mass is 16.2. The average Bonchev–Trinajstić information content (AvgIpc) is 3.16. The molecule has 2 heterocycles. The Kier molecular flexibility index (Phi) is 5.98. The van der Waals surface area contributed by atoms with Gasteiger partial charge in [0.15, 0.2) is 0 Å². The molecule has 2 aliphatic rings. The summed E-state index contributed by atoms with van der Waals surface area (Å²) in [5.41, 5.74) is 2.17. The minimum Gasteiger partial charge on any atom is -0.320 e. The Balaban J connectivity index is 1.46. The average molecular weight is 480 g/mol. The monoisotopic (exact) mass is 479 g/mol. The molecule has 1 saturated heterocycles. The van der Waals surface area contributed by atoms with Gasteiger partial charge in [0, 0.05) is 12.7 Å². The molecule has 3 aromatic carbocycles. The summed E-state index contributed by atoms with van der Waals surface area (Å²) in [5.74, 6) is -1.69. The maximum Gasteiger partial charge on any atom is 0.262 e. The molecule has 4 amide bonds. The van der Waals surface area contributed by atoms with Gasteiger partial charge in [0.1, 0.15) is 12.1 Å². The van der Waals surface area contributed by atoms with Gasteiger partial charge in [0.05, 0.1) is 17.2 Å². The number of fused-ring (bicyclic) bond motifs is 1. The molecule has 7 nitrogen and oxygen atoms in total. The molecule has 3 aromatic rings. The number of β-lactam (4-membered cyclic amide) rings is 1. The smallest absolute Gasteiger partial charge is 0.262 e. The summed E-state index contributed by atoms with van der Waals surface area (Å²) >= 11 is 0. The third kappa shape index (κ3) is 3.79. The van der Waals surface area contributed by atoms with Crippen molar-refractivity contribution in [2.45, 2.75) is 25.0 Å². The Morgan fingerprint density at radius 2 is 1.36 bits per heavy atom. The number of para-hydroxylation sites is 1. The Morgan fingerprint density at radius 1 is 0.833 bits per heavy atom. The molecule has 5 rings (SSSR count). The SMILES string of the molecule is C[C@@H](C(=O)N(C)c1ccccc1)N1C(=O)C(N2C(=O)c3ccccc3C2=O)C1C=Cc1ccccc1. The molecule has 2 unspecified atom stereocenters. The number of nitrogens with zero attached hydrogens (tertiary/aromatic N) is 3. The van der Waals surface area contributed by atoms with Gasteiger partial charge in [0.2, 0.25) is 11.8 Å². The first-order chi connectivity index (χ1) is 17.4. The molecule has 3 atom stereocenters. The van der Waals surface area contributed by atoms with Crippen LogP contribution in [0, 0.1) is 0 Å². The number of anilines is 1. The standard InChI is InChI=1S/C29H25N3O4/c1-19(26(33)30(2)21-13-7-4-8-14-21)31-24(18-17-20-11-5-3-6-12-20)25(29(31)36)32-27(34)22-15-9-10-16-23(22)28(32)35/h3-19,24-25H,1-2H3/t19-,24?,25?/m0/s1. The summed E-state index contributed by atoms with van der Waals surface area (Å²) < 4.78 is 0. The summed E-state index contributed by atoms with van der Waals surface area (Å²) in [5, 5.41) is 0. The highest BCUT2D eigenvalue weighted by Crippen LogP contribution is 2.35. The third-order valence-corrected chi connectivity index (χ3v) is 6.79. The Bertz CT molecular complexity index is 1330. The van der Waals surface area contributed by atoms with Crippen LogP contribution in [0.5, 0.6) is 0 Å². The molecule has 180 valence electrons. The van der Waals surface area contributed by atoms with E-state index in [0.717, 1.165) is 10.5 Å². The first-order valence-electron chi connectivity index (χ1n) is 11.7. The van der Waals surface area contributed by atoms with E-state index in [1.54, 1.807) is 44.3 Å². The van der Waals surface area contributed by atoms with Crippen LogP contribution >= 0.6 is 0 Å². The molecule has 2 aliphatic heterocycles. The molecule has 7 heteroatoms. The minimum atomic E-state index is -1.02. The minimum absolute atomic E-state index is 0.270. The van der Waals surface area contributed by atoms with Crippen LogP contribution in [-0.4, -0.2) is 58.6 Å². The Labute approximate surface area is 209 Å². The zero-order valence-corrected chi connectivity index (χ0v) is 19.9. The normalized spacial score (nSPS) is 19.9. The number of hydrogen-bond acceptors (Lipinski definition) is 4. The predicted octanol–water partition coefficient (Wildman–Crippen LogP) is 3.63. The van der Waals surface area contributed by atoms with Crippen molar-refractivity contribution in [2.75, 3.05) is 11.9 Å². The lowest BCUT2D eigenvalue weighted by atomic mass is 9.89. The summed E-state index contributed by atoms with van der Waals surface area (Å²) in [6.07, 6.45) is 3.63. The van der Waals surface area contributed by atoms with Gasteiger partial charge in [-0.25, -0.2) is 0 Å². The molecule has 0 aliphatic carbocycles. The summed E-state index contributed by atoms with van der Waals surface area (Å²) in [4.78, 5) is 57.1. The quantitative estimate of drug-likeness (QED) is 0.400. The zero-order chi connectivity index (χ0) is 25.4. The molecule has 0 bridgehead atoms. The number of carbonyl (C=O) groups excluding carboxylic acids is 4. The fraction of sp³-hybridized carbons (Fsp3) is 0.172. The third-order valence-electron chi connectivity index (χ3n) is 6.79. The van der Waals surface area contributed by atoms with Crippen LogP contribution in [0.3, 0.4) is 0 Å². The number of imide groups is 1. The molecule has 0 spiro atoms. The molecular weight excluding hydrogens is 454 g/mol. The van der Waals surface area contributed by atoms with E-state index in [9.17, 15) is 19.2 Å². The molecule has 36 heavy (non-hydrogen) atoms. The van der Waals surface area contributed by atoms with E-state index in [4.69, 9.17) is 0 Å². The highest BCUT2D eigenvalue weighted by molar-refractivity contribution is 6.23. The van der Waals surface area contributed by atoms with Gasteiger partial charge in [-0.05, 0) is 36.8 Å². The summed E-state index contributed by atoms with van der Waals surface area (Å²) in [7, 11) is 1.66. The lowest BCUT2D eigenvalue weighted by molar-refractivity contribution is -0.159. The van der Waals surface area contributed by atoms with E-state index in [1.807, 2.05) is 66.7 Å². The number of benzene rings is 3. The molecule has 0 saturated carbocycles. The maximum atomic E-state index is 13.5. The van der Waals surface area contributed by atoms with Crippen molar-refractivity contribution in [3.63, 3.8) is 0 Å². The molecule has 0 aromatic heterocycles. The van der Waals surface area contributed by atoms with Crippen LogP contribution in [0.15, 0.2) is 91.0 Å². The van der Waals surface area contributed by atoms with Crippen molar-refractivity contribution in [2.24, 2.45) is 0 Å². The van der Waals surface area contributed by atoms with Crippen molar-refractivity contribution >= 4 is 35.4 Å². The molecule has 1 fully saturated rings. The number of hydrogen-bond donors (Lipinski definition) is 0. The van der Waals surface area contributed by atoms with E-state index in [1.165, 1.54) is 9.80 Å². The molecule has 0 N–H and O–H groups in total. The first kappa shape index (κ1) is 23.2. The van der Waals surface area contributed by atoms with Gasteiger partial charge in [-0.1, -0.05) is 72.8 Å². The van der Waals surface area contributed by atoms with Crippen molar-refractivity contribution < 1.29 is 19.2 Å². The number of rotatable bonds is 6. The first-order valence-corrected chi connectivity index (χ1v) is 11.7. The van der Waals surface area contributed by atoms with Gasteiger partial charge in [0.25, 0.3) is 11.8 Å². The van der Waals surface area contributed by atoms with Gasteiger partial charge in [-0.2, -0.15) is 0 Å². The lowest BCUT2D eigenvalue weighted by Gasteiger charge is -2.51. The molecule has 0 radical (unpaired) electrons. The number of likely N-dealkylation sites (N-methyl/N-ethyl adjacent to an activating group) is 1. The number of amides is 4. The van der Waals surface area contributed by atoms with Crippen molar-refractivity contribution in [1.82, 2.24) is 9.80 Å². The summed E-state index contributed by atoms with van der Waals surface area (Å²) in [6, 6.07) is 22.8. The van der Waals surface area contributed by atoms with Crippen molar-refractivity contribution in [1.29, 1.82) is 0 Å². The fourth-order valence-electron chi connectivity index (χ4n) is 4.84. The summed E-state index contributed by atoms with van der Waals surface area (Å²) in [6.45, 7) is 1.67. The van der Waals surface area contributed by atoms with Crippen LogP contribution in [0.4, 0.5) is 5.69 Å². The van der Waals surface area contributed by atoms with E-state index in [2.05, 4.69) is 0 Å². The van der Waals surface area contributed by atoms with E-state index in [0.29, 0.717) is 5.69 Å². The van der Waals surface area contributed by atoms with Crippen LogP contribution in [0.1, 0.15) is 33.2 Å². The maximum absolute atomic E-state index is 13.5. The zero-order valence-electron chi connectivity index (χ0n) is 19.9. The Hall–Kier alpha value is -4.52. The van der Waals surface area contributed by atoms with Crippen LogP contribution in [0.25, 0.3) is 6.08 Å². The Morgan fingerprint density at radius 3 is 1.94 bits per heavy atom. The lowest BCUT2D eigenvalue weighted by Crippen LogP contribution is -2.74. The van der Waals surface area contributed by atoms with Crippen LogP contribution < -0.4 is 4.90 Å². The van der Waals surface area contributed by atoms with Crippen LogP contribution in [-0.2, 0) is 9.59 Å².